The summed E-state index contributed by atoms with van der Waals surface area (Å²) in [6.07, 6.45) is 10.6. The highest BCUT2D eigenvalue weighted by Gasteiger charge is 2.65. The van der Waals surface area contributed by atoms with E-state index in [9.17, 15) is 20.6 Å². The molecule has 1 saturated carbocycles. The van der Waals surface area contributed by atoms with Crippen LogP contribution in [0.5, 0.6) is 23.0 Å². The smallest absolute Gasteiger partial charge is 0.254 e. The van der Waals surface area contributed by atoms with Crippen LogP contribution in [0.2, 0.25) is 0 Å². The molecule has 1 saturated heterocycles. The molecule has 61 heavy (non-hydrogen) atoms. The van der Waals surface area contributed by atoms with E-state index in [0.29, 0.717) is 60.0 Å². The van der Waals surface area contributed by atoms with Crippen molar-refractivity contribution >= 4 is 11.6 Å². The normalized spacial score (nSPS) is 26.6. The largest absolute Gasteiger partial charge is 0.508 e. The van der Waals surface area contributed by atoms with Gasteiger partial charge in [-0.25, -0.2) is 0 Å². The number of rotatable bonds is 17. The molecule has 7 atom stereocenters. The third-order valence-electron chi connectivity index (χ3n) is 12.8. The molecular formula is C48H55N3O10. The quantitative estimate of drug-likeness (QED) is 0.0699. The number of aliphatic hydroxyl groups excluding tert-OH is 2. The number of hydrogen-bond acceptors (Lipinski definition) is 12. The standard InChI is InChI=1S/C48H55N3O10/c1-2-22-59-48-43(51(47(55)33-15-12-31(28-49)13-16-33)29-32-14-18-41-42(24-32)58-30-57-41)27-39(50-61-44-11-5-8-23-56-44)37-25-34(9-3-6-20-52)36(10-4-7-21-53)45(46(37)48)38-26-35(54)17-19-40(38)60-48/h2,12-19,24-26,34,36,43-46,52-54H,1,3-11,20-23,27,29-30H2/t34-,36+,43-,44?,45+,46+,48+/m0/s1. The first kappa shape index (κ1) is 42.3. The van der Waals surface area contributed by atoms with Gasteiger partial charge in [0.25, 0.3) is 5.91 Å². The molecule has 1 unspecified atom stereocenters. The van der Waals surface area contributed by atoms with Crippen molar-refractivity contribution in [2.75, 3.05) is 33.2 Å². The van der Waals surface area contributed by atoms with E-state index >= 15 is 4.79 Å². The highest BCUT2D eigenvalue weighted by Crippen LogP contribution is 2.62. The molecule has 3 aliphatic heterocycles. The van der Waals surface area contributed by atoms with Crippen molar-refractivity contribution in [1.29, 1.82) is 5.26 Å². The molecule has 2 fully saturated rings. The van der Waals surface area contributed by atoms with E-state index in [2.05, 4.69) is 18.7 Å². The number of ether oxygens (including phenoxy) is 5. The van der Waals surface area contributed by atoms with Crippen molar-refractivity contribution in [3.63, 3.8) is 0 Å². The summed E-state index contributed by atoms with van der Waals surface area (Å²) in [7, 11) is 0. The number of carbonyl (C=O) groups is 1. The first-order valence-corrected chi connectivity index (χ1v) is 21.6. The second kappa shape index (κ2) is 19.1. The fraction of sp³-hybridized carbons (Fsp3) is 0.479. The maximum absolute atomic E-state index is 15.3. The van der Waals surface area contributed by atoms with Gasteiger partial charge in [-0.15, -0.1) is 6.58 Å². The molecule has 1 amide bonds. The van der Waals surface area contributed by atoms with E-state index in [1.54, 1.807) is 53.4 Å². The van der Waals surface area contributed by atoms with Crippen LogP contribution in [0.15, 0.2) is 90.1 Å². The summed E-state index contributed by atoms with van der Waals surface area (Å²) in [6, 6.07) is 18.7. The van der Waals surface area contributed by atoms with Gasteiger partial charge in [-0.05, 0) is 116 Å². The van der Waals surface area contributed by atoms with Gasteiger partial charge in [-0.3, -0.25) is 4.79 Å². The van der Waals surface area contributed by atoms with E-state index in [1.807, 2.05) is 18.2 Å². The molecule has 3 heterocycles. The zero-order chi connectivity index (χ0) is 42.3. The number of fused-ring (bicyclic) bond motifs is 3. The Bertz CT molecular complexity index is 2140. The van der Waals surface area contributed by atoms with Gasteiger partial charge in [0, 0.05) is 49.6 Å². The van der Waals surface area contributed by atoms with E-state index < -0.39 is 24.0 Å². The summed E-state index contributed by atoms with van der Waals surface area (Å²) in [5.74, 6) is -0.828. The lowest BCUT2D eigenvalue weighted by Gasteiger charge is -2.60. The summed E-state index contributed by atoms with van der Waals surface area (Å²) < 4.78 is 31.8. The Hall–Kier alpha value is -5.39. The van der Waals surface area contributed by atoms with E-state index in [4.69, 9.17) is 33.7 Å². The number of nitrogens with zero attached hydrogens (tertiary/aromatic N) is 3. The molecule has 0 spiro atoms. The number of aromatic hydroxyl groups is 1. The molecule has 5 aliphatic rings. The minimum Gasteiger partial charge on any atom is -0.508 e. The Labute approximate surface area is 356 Å². The van der Waals surface area contributed by atoms with Crippen molar-refractivity contribution in [2.45, 2.75) is 94.8 Å². The Kier molecular flexibility index (Phi) is 13.3. The SMILES string of the molecule is C=CCO[C@@]12Oc3ccc(O)cc3[C@H]3[C@H](CCCCO)[C@@H](CCCCO)C=C(C(=NOC4CCCCO4)C[C@@H]1N(Cc1ccc4c(c1)OCO4)C(=O)c1ccc(C#N)cc1)[C@H]32. The maximum atomic E-state index is 15.3. The molecule has 3 aromatic rings. The third-order valence-corrected chi connectivity index (χ3v) is 12.8. The number of phenolic OH excluding ortho intramolecular Hbond substituents is 1. The molecule has 13 heteroatoms. The maximum Gasteiger partial charge on any atom is 0.254 e. The molecule has 0 aromatic heterocycles. The zero-order valence-electron chi connectivity index (χ0n) is 34.5. The van der Waals surface area contributed by atoms with Crippen molar-refractivity contribution in [3.05, 3.63) is 107 Å². The fourth-order valence-corrected chi connectivity index (χ4v) is 9.99. The minimum absolute atomic E-state index is 0.00529. The number of hydrogen-bond donors (Lipinski definition) is 3. The van der Waals surface area contributed by atoms with E-state index in [-0.39, 0.29) is 69.0 Å². The number of allylic oxidation sites excluding steroid dienone is 1. The summed E-state index contributed by atoms with van der Waals surface area (Å²) in [6.45, 7) is 5.06. The molecule has 2 aliphatic carbocycles. The van der Waals surface area contributed by atoms with Crippen LogP contribution in [-0.4, -0.2) is 83.2 Å². The molecule has 13 nitrogen and oxygen atoms in total. The number of amides is 1. The predicted octanol–water partition coefficient (Wildman–Crippen LogP) is 7.50. The summed E-state index contributed by atoms with van der Waals surface area (Å²) in [5, 5.41) is 45.4. The molecule has 0 radical (unpaired) electrons. The van der Waals surface area contributed by atoms with E-state index in [0.717, 1.165) is 55.2 Å². The van der Waals surface area contributed by atoms with Gasteiger partial charge in [0.05, 0.1) is 36.5 Å². The number of phenols is 1. The van der Waals surface area contributed by atoms with Gasteiger partial charge in [0.1, 0.15) is 17.5 Å². The first-order chi connectivity index (χ1) is 29.9. The molecule has 8 rings (SSSR count). The van der Waals surface area contributed by atoms with Crippen LogP contribution in [0, 0.1) is 29.1 Å². The van der Waals surface area contributed by atoms with Crippen LogP contribution < -0.4 is 14.2 Å². The Morgan fingerprint density at radius 3 is 2.52 bits per heavy atom. The summed E-state index contributed by atoms with van der Waals surface area (Å²) in [4.78, 5) is 23.4. The molecule has 0 bridgehead atoms. The van der Waals surface area contributed by atoms with Crippen LogP contribution in [0.3, 0.4) is 0 Å². The average molecular weight is 834 g/mol. The highest BCUT2D eigenvalue weighted by atomic mass is 16.8. The van der Waals surface area contributed by atoms with Crippen LogP contribution in [0.4, 0.5) is 0 Å². The number of nitriles is 1. The van der Waals surface area contributed by atoms with E-state index in [1.165, 1.54) is 0 Å². The van der Waals surface area contributed by atoms with Gasteiger partial charge in [0.15, 0.2) is 11.5 Å². The second-order valence-corrected chi connectivity index (χ2v) is 16.5. The molecule has 322 valence electrons. The van der Waals surface area contributed by atoms with Gasteiger partial charge in [0.2, 0.25) is 18.9 Å². The van der Waals surface area contributed by atoms with Crippen molar-refractivity contribution in [2.24, 2.45) is 22.9 Å². The second-order valence-electron chi connectivity index (χ2n) is 16.5. The van der Waals surface area contributed by atoms with Gasteiger partial charge in [-0.1, -0.05) is 36.2 Å². The number of benzene rings is 3. The van der Waals surface area contributed by atoms with Gasteiger partial charge >= 0.3 is 0 Å². The summed E-state index contributed by atoms with van der Waals surface area (Å²) in [5.41, 5.74) is 3.93. The third kappa shape index (κ3) is 8.73. The van der Waals surface area contributed by atoms with Crippen LogP contribution in [-0.2, 0) is 20.9 Å². The summed E-state index contributed by atoms with van der Waals surface area (Å²) >= 11 is 0. The monoisotopic (exact) mass is 833 g/mol. The predicted molar refractivity (Wildman–Crippen MR) is 225 cm³/mol. The minimum atomic E-state index is -1.51. The molecule has 3 N–H and O–H groups in total. The zero-order valence-corrected chi connectivity index (χ0v) is 34.5. The Morgan fingerprint density at radius 2 is 1.77 bits per heavy atom. The number of carbonyl (C=O) groups excluding carboxylic acids is 1. The molecular weight excluding hydrogens is 779 g/mol. The topological polar surface area (TPSA) is 173 Å². The number of unbranched alkanes of at least 4 members (excludes halogenated alkanes) is 2. The fourth-order valence-electron chi connectivity index (χ4n) is 9.99. The van der Waals surface area contributed by atoms with Crippen LogP contribution in [0.1, 0.15) is 97.2 Å². The Balaban J connectivity index is 1.35. The first-order valence-electron chi connectivity index (χ1n) is 21.6. The van der Waals surface area contributed by atoms with Crippen molar-refractivity contribution in [3.8, 4) is 29.1 Å². The van der Waals surface area contributed by atoms with Gasteiger partial charge < -0.3 is 48.7 Å². The number of aliphatic hydroxyl groups is 2. The van der Waals surface area contributed by atoms with Crippen LogP contribution in [0.25, 0.3) is 0 Å². The lowest BCUT2D eigenvalue weighted by atomic mass is 9.55. The average Bonchev–Trinajstić information content (AvgIpc) is 3.76. The van der Waals surface area contributed by atoms with Crippen molar-refractivity contribution < 1.29 is 48.6 Å². The lowest BCUT2D eigenvalue weighted by Crippen LogP contribution is -2.70. The van der Waals surface area contributed by atoms with Crippen molar-refractivity contribution in [1.82, 2.24) is 4.90 Å². The Morgan fingerprint density at radius 1 is 0.984 bits per heavy atom. The van der Waals surface area contributed by atoms with Gasteiger partial charge in [-0.2, -0.15) is 5.26 Å². The lowest BCUT2D eigenvalue weighted by molar-refractivity contribution is -0.255. The van der Waals surface area contributed by atoms with Crippen LogP contribution >= 0.6 is 0 Å². The molecule has 3 aromatic carbocycles. The highest BCUT2D eigenvalue weighted by molar-refractivity contribution is 6.03. The number of oxime groups is 1.